The fourth-order valence-corrected chi connectivity index (χ4v) is 5.35. The molecule has 0 radical (unpaired) electrons. The smallest absolute Gasteiger partial charge is 0.243 e. The number of benzene rings is 1. The average molecular weight is 395 g/mol. The van der Waals surface area contributed by atoms with Crippen LogP contribution in [0.4, 0.5) is 0 Å². The van der Waals surface area contributed by atoms with Gasteiger partial charge in [-0.2, -0.15) is 9.40 Å². The summed E-state index contributed by atoms with van der Waals surface area (Å²) >= 11 is 0. The van der Waals surface area contributed by atoms with E-state index in [1.807, 2.05) is 13.2 Å². The van der Waals surface area contributed by atoms with Crippen LogP contribution >= 0.6 is 0 Å². The fraction of sp³-hybridized carbons (Fsp3) is 0.500. The Bertz CT molecular complexity index is 925. The van der Waals surface area contributed by atoms with Gasteiger partial charge in [0, 0.05) is 50.8 Å². The molecule has 2 heterocycles. The molecule has 0 spiro atoms. The predicted octanol–water partition coefficient (Wildman–Crippen LogP) is 1.14. The van der Waals surface area contributed by atoms with Crippen molar-refractivity contribution >= 4 is 10.0 Å². The van der Waals surface area contributed by atoms with Gasteiger partial charge < -0.3 is 14.6 Å². The number of rotatable bonds is 6. The minimum Gasteiger partial charge on any atom is -0.493 e. The van der Waals surface area contributed by atoms with Crippen LogP contribution in [0, 0.1) is 12.8 Å². The summed E-state index contributed by atoms with van der Waals surface area (Å²) < 4.78 is 40.2. The summed E-state index contributed by atoms with van der Waals surface area (Å²) in [5.74, 6) is 0.573. The van der Waals surface area contributed by atoms with Crippen LogP contribution in [-0.4, -0.2) is 61.5 Å². The third kappa shape index (κ3) is 3.54. The molecule has 3 rings (SSSR count). The maximum atomic E-state index is 13.3. The van der Waals surface area contributed by atoms with Gasteiger partial charge in [-0.25, -0.2) is 8.42 Å². The number of sulfonamides is 1. The molecule has 0 saturated carbocycles. The molecule has 0 unspecified atom stereocenters. The third-order valence-electron chi connectivity index (χ3n) is 5.09. The van der Waals surface area contributed by atoms with E-state index in [2.05, 4.69) is 5.10 Å². The van der Waals surface area contributed by atoms with Gasteiger partial charge in [0.05, 0.1) is 25.3 Å². The Morgan fingerprint density at radius 3 is 2.44 bits per heavy atom. The van der Waals surface area contributed by atoms with Gasteiger partial charge in [-0.1, -0.05) is 0 Å². The van der Waals surface area contributed by atoms with Gasteiger partial charge in [-0.05, 0) is 24.1 Å². The summed E-state index contributed by atoms with van der Waals surface area (Å²) in [5, 5.41) is 13.9. The van der Waals surface area contributed by atoms with Crippen molar-refractivity contribution in [1.29, 1.82) is 0 Å². The molecule has 1 saturated heterocycles. The highest BCUT2D eigenvalue weighted by Gasteiger charge is 2.41. The first-order chi connectivity index (χ1) is 12.8. The van der Waals surface area contributed by atoms with Crippen molar-refractivity contribution in [3.63, 3.8) is 0 Å². The predicted molar refractivity (Wildman–Crippen MR) is 99.6 cm³/mol. The van der Waals surface area contributed by atoms with Gasteiger partial charge >= 0.3 is 0 Å². The van der Waals surface area contributed by atoms with E-state index in [0.717, 1.165) is 5.56 Å². The third-order valence-corrected chi connectivity index (χ3v) is 7.07. The second-order valence-corrected chi connectivity index (χ2v) is 8.70. The highest BCUT2D eigenvalue weighted by Crippen LogP contribution is 2.38. The van der Waals surface area contributed by atoms with Crippen LogP contribution in [0.25, 0.3) is 0 Å². The molecule has 1 fully saturated rings. The maximum Gasteiger partial charge on any atom is 0.243 e. The minimum atomic E-state index is -3.74. The quantitative estimate of drug-likeness (QED) is 0.788. The van der Waals surface area contributed by atoms with E-state index >= 15 is 0 Å². The van der Waals surface area contributed by atoms with Crippen LogP contribution in [0.3, 0.4) is 0 Å². The van der Waals surface area contributed by atoms with E-state index in [9.17, 15) is 13.5 Å². The Hall–Kier alpha value is -2.10. The van der Waals surface area contributed by atoms with E-state index in [1.54, 1.807) is 23.9 Å². The monoisotopic (exact) mass is 395 g/mol. The molecule has 9 heteroatoms. The largest absolute Gasteiger partial charge is 0.493 e. The van der Waals surface area contributed by atoms with Crippen molar-refractivity contribution in [2.75, 3.05) is 33.9 Å². The van der Waals surface area contributed by atoms with Crippen LogP contribution in [0.1, 0.15) is 17.0 Å². The summed E-state index contributed by atoms with van der Waals surface area (Å²) in [6.45, 7) is 2.20. The highest BCUT2D eigenvalue weighted by atomic mass is 32.2. The SMILES string of the molecule is COc1cc(C)c(S(=O)(=O)N2C[C@@H](CO)[C@H](c3cnn(C)c3)C2)cc1OC. The molecule has 0 aliphatic carbocycles. The summed E-state index contributed by atoms with van der Waals surface area (Å²) in [5.41, 5.74) is 1.51. The maximum absolute atomic E-state index is 13.3. The second-order valence-electron chi connectivity index (χ2n) is 6.79. The lowest BCUT2D eigenvalue weighted by molar-refractivity contribution is 0.223. The zero-order valence-electron chi connectivity index (χ0n) is 15.9. The van der Waals surface area contributed by atoms with Gasteiger partial charge in [0.2, 0.25) is 10.0 Å². The first-order valence-electron chi connectivity index (χ1n) is 8.64. The molecule has 8 nitrogen and oxygen atoms in total. The van der Waals surface area contributed by atoms with E-state index < -0.39 is 10.0 Å². The Kier molecular flexibility index (Phi) is 5.45. The first-order valence-corrected chi connectivity index (χ1v) is 10.1. The number of aromatic nitrogens is 2. The van der Waals surface area contributed by atoms with Gasteiger partial charge in [0.1, 0.15) is 0 Å². The lowest BCUT2D eigenvalue weighted by Gasteiger charge is -2.19. The van der Waals surface area contributed by atoms with Crippen molar-refractivity contribution in [3.8, 4) is 11.5 Å². The number of aliphatic hydroxyl groups is 1. The van der Waals surface area contributed by atoms with E-state index in [1.165, 1.54) is 24.6 Å². The number of nitrogens with zero attached hydrogens (tertiary/aromatic N) is 3. The molecule has 2 atom stereocenters. The van der Waals surface area contributed by atoms with Gasteiger partial charge in [-0.3, -0.25) is 4.68 Å². The molecule has 1 N–H and O–H groups in total. The summed E-state index contributed by atoms with van der Waals surface area (Å²) in [6.07, 6.45) is 3.59. The summed E-state index contributed by atoms with van der Waals surface area (Å²) in [6, 6.07) is 3.15. The normalized spacial score (nSPS) is 20.8. The summed E-state index contributed by atoms with van der Waals surface area (Å²) in [7, 11) is 1.05. The molecule has 148 valence electrons. The van der Waals surface area contributed by atoms with Crippen molar-refractivity contribution in [3.05, 3.63) is 35.7 Å². The van der Waals surface area contributed by atoms with Crippen LogP contribution in [0.2, 0.25) is 0 Å². The molecule has 1 aromatic heterocycles. The standard InChI is InChI=1S/C18H25N3O5S/c1-12-5-16(25-3)17(26-4)6-18(12)27(23,24)21-9-14(11-22)15(10-21)13-7-19-20(2)8-13/h5-8,14-15,22H,9-11H2,1-4H3/t14-,15-/m0/s1. The molecule has 1 aromatic carbocycles. The molecular formula is C18H25N3O5S. The lowest BCUT2D eigenvalue weighted by Crippen LogP contribution is -2.30. The van der Waals surface area contributed by atoms with Crippen molar-refractivity contribution in [2.45, 2.75) is 17.7 Å². The fourth-order valence-electron chi connectivity index (χ4n) is 3.60. The Labute approximate surface area is 159 Å². The molecular weight excluding hydrogens is 370 g/mol. The molecule has 27 heavy (non-hydrogen) atoms. The van der Waals surface area contributed by atoms with Gasteiger partial charge in [0.15, 0.2) is 11.5 Å². The molecule has 0 amide bonds. The molecule has 2 aromatic rings. The number of methoxy groups -OCH3 is 2. The van der Waals surface area contributed by atoms with Crippen LogP contribution in [0.15, 0.2) is 29.4 Å². The minimum absolute atomic E-state index is 0.0868. The zero-order valence-corrected chi connectivity index (χ0v) is 16.7. The molecule has 1 aliphatic heterocycles. The number of aliphatic hydroxyl groups excluding tert-OH is 1. The van der Waals surface area contributed by atoms with Crippen LogP contribution in [0.5, 0.6) is 11.5 Å². The van der Waals surface area contributed by atoms with Gasteiger partial charge in [0.25, 0.3) is 0 Å². The number of hydrogen-bond donors (Lipinski definition) is 1. The van der Waals surface area contributed by atoms with E-state index in [0.29, 0.717) is 23.6 Å². The topological polar surface area (TPSA) is 93.9 Å². The molecule has 1 aliphatic rings. The van der Waals surface area contributed by atoms with Crippen LogP contribution in [-0.2, 0) is 17.1 Å². The van der Waals surface area contributed by atoms with Gasteiger partial charge in [-0.15, -0.1) is 0 Å². The lowest BCUT2D eigenvalue weighted by atomic mass is 9.92. The molecule has 0 bridgehead atoms. The number of aryl methyl sites for hydroxylation is 2. The average Bonchev–Trinajstić information content (AvgIpc) is 3.27. The van der Waals surface area contributed by atoms with Crippen molar-refractivity contribution in [1.82, 2.24) is 14.1 Å². The van der Waals surface area contributed by atoms with Crippen LogP contribution < -0.4 is 9.47 Å². The van der Waals surface area contributed by atoms with E-state index in [4.69, 9.17) is 9.47 Å². The zero-order chi connectivity index (χ0) is 19.8. The Morgan fingerprint density at radius 1 is 1.22 bits per heavy atom. The highest BCUT2D eigenvalue weighted by molar-refractivity contribution is 7.89. The number of ether oxygens (including phenoxy) is 2. The van der Waals surface area contributed by atoms with Crippen molar-refractivity contribution < 1.29 is 23.0 Å². The first kappa shape index (κ1) is 19.7. The Morgan fingerprint density at radius 2 is 1.89 bits per heavy atom. The number of hydrogen-bond acceptors (Lipinski definition) is 6. The van der Waals surface area contributed by atoms with Crippen molar-refractivity contribution in [2.24, 2.45) is 13.0 Å². The second kappa shape index (κ2) is 7.49. The summed E-state index contributed by atoms with van der Waals surface area (Å²) in [4.78, 5) is 0.184. The van der Waals surface area contributed by atoms with E-state index in [-0.39, 0.29) is 29.9 Å². The Balaban J connectivity index is 1.96.